The average Bonchev–Trinajstić information content (AvgIpc) is 3.60. The van der Waals surface area contributed by atoms with Crippen LogP contribution in [0.5, 0.6) is 0 Å². The summed E-state index contributed by atoms with van der Waals surface area (Å²) in [5.74, 6) is -0.555. The van der Waals surface area contributed by atoms with Gasteiger partial charge in [0.2, 0.25) is 5.82 Å². The Balaban J connectivity index is 1.67. The second-order valence-corrected chi connectivity index (χ2v) is 9.14. The van der Waals surface area contributed by atoms with E-state index in [0.29, 0.717) is 37.8 Å². The Hall–Kier alpha value is -3.62. The number of benzene rings is 1. The molecule has 6 rings (SSSR count). The van der Waals surface area contributed by atoms with Crippen LogP contribution in [0.2, 0.25) is 0 Å². The van der Waals surface area contributed by atoms with Crippen molar-refractivity contribution in [2.24, 2.45) is 0 Å². The maximum atomic E-state index is 14.6. The number of fused-ring (bicyclic) bond motifs is 3. The van der Waals surface area contributed by atoms with E-state index >= 15 is 0 Å². The van der Waals surface area contributed by atoms with E-state index in [4.69, 9.17) is 9.26 Å². The highest BCUT2D eigenvalue weighted by molar-refractivity contribution is 5.87. The first-order chi connectivity index (χ1) is 16.4. The third-order valence-corrected chi connectivity index (χ3v) is 7.01. The molecule has 1 atom stereocenters. The lowest BCUT2D eigenvalue weighted by Gasteiger charge is -2.28. The van der Waals surface area contributed by atoms with Crippen LogP contribution in [0.4, 0.5) is 4.39 Å². The Kier molecular flexibility index (Phi) is 4.43. The fourth-order valence-electron chi connectivity index (χ4n) is 5.26. The number of rotatable bonds is 3. The van der Waals surface area contributed by atoms with Gasteiger partial charge in [-0.1, -0.05) is 5.16 Å². The van der Waals surface area contributed by atoms with Crippen LogP contribution in [0.15, 0.2) is 27.8 Å². The second kappa shape index (κ2) is 7.19. The zero-order valence-electron chi connectivity index (χ0n) is 18.4. The van der Waals surface area contributed by atoms with E-state index in [1.165, 1.54) is 27.4 Å². The lowest BCUT2D eigenvalue weighted by molar-refractivity contribution is -0.0448. The van der Waals surface area contributed by atoms with Crippen LogP contribution >= 0.6 is 0 Å². The van der Waals surface area contributed by atoms with Crippen molar-refractivity contribution in [3.8, 4) is 17.6 Å². The summed E-state index contributed by atoms with van der Waals surface area (Å²) >= 11 is 0. The molecule has 0 radical (unpaired) electrons. The molecular weight excluding hydrogens is 443 g/mol. The molecule has 11 heteroatoms. The van der Waals surface area contributed by atoms with Gasteiger partial charge in [0, 0.05) is 6.61 Å². The summed E-state index contributed by atoms with van der Waals surface area (Å²) in [5.41, 5.74) is -2.14. The molecule has 1 aliphatic heterocycles. The molecule has 0 spiro atoms. The highest BCUT2D eigenvalue weighted by Crippen LogP contribution is 2.39. The van der Waals surface area contributed by atoms with E-state index in [1.54, 1.807) is 6.92 Å². The number of ether oxygens (including phenoxy) is 1. The van der Waals surface area contributed by atoms with Crippen molar-refractivity contribution in [3.05, 3.63) is 46.1 Å². The van der Waals surface area contributed by atoms with Gasteiger partial charge in [-0.3, -0.25) is 13.8 Å². The van der Waals surface area contributed by atoms with E-state index in [-0.39, 0.29) is 34.0 Å². The third kappa shape index (κ3) is 2.79. The largest absolute Gasteiger partial charge is 0.380 e. The lowest BCUT2D eigenvalue weighted by atomic mass is 10.0. The van der Waals surface area contributed by atoms with Crippen LogP contribution in [-0.4, -0.2) is 35.8 Å². The molecule has 34 heavy (non-hydrogen) atoms. The maximum Gasteiger partial charge on any atom is 0.280 e. The first-order valence-electron chi connectivity index (χ1n) is 11.2. The molecule has 2 aliphatic rings. The SMILES string of the molecule is CC1(n2c(=O)c3c(-c4noc(C5(O)CCCC5)n4)ncn3c3ccc(F)c(C#N)c32)CCCO1. The minimum atomic E-state index is -1.18. The summed E-state index contributed by atoms with van der Waals surface area (Å²) in [6.07, 6.45) is 5.40. The van der Waals surface area contributed by atoms with Gasteiger partial charge in [-0.2, -0.15) is 10.2 Å². The van der Waals surface area contributed by atoms with Crippen molar-refractivity contribution >= 4 is 16.6 Å². The predicted octanol–water partition coefficient (Wildman–Crippen LogP) is 2.95. The van der Waals surface area contributed by atoms with Crippen LogP contribution in [0.3, 0.4) is 0 Å². The molecule has 1 saturated carbocycles. The Morgan fingerprint density at radius 3 is 2.71 bits per heavy atom. The number of nitrogens with zero attached hydrogens (tertiary/aromatic N) is 6. The number of nitriles is 1. The summed E-state index contributed by atoms with van der Waals surface area (Å²) in [5, 5.41) is 24.5. The van der Waals surface area contributed by atoms with Crippen molar-refractivity contribution in [1.29, 1.82) is 5.26 Å². The van der Waals surface area contributed by atoms with Crippen molar-refractivity contribution in [2.45, 2.75) is 56.8 Å². The highest BCUT2D eigenvalue weighted by Gasteiger charge is 2.40. The lowest BCUT2D eigenvalue weighted by Crippen LogP contribution is -2.39. The molecule has 174 valence electrons. The average molecular weight is 464 g/mol. The molecule has 1 aromatic carbocycles. The van der Waals surface area contributed by atoms with Crippen LogP contribution < -0.4 is 5.56 Å². The molecule has 0 amide bonds. The summed E-state index contributed by atoms with van der Waals surface area (Å²) in [7, 11) is 0. The van der Waals surface area contributed by atoms with E-state index in [2.05, 4.69) is 15.1 Å². The molecule has 4 heterocycles. The van der Waals surface area contributed by atoms with Gasteiger partial charge in [0.1, 0.15) is 46.3 Å². The van der Waals surface area contributed by atoms with Crippen LogP contribution in [-0.2, 0) is 16.1 Å². The first-order valence-corrected chi connectivity index (χ1v) is 11.2. The van der Waals surface area contributed by atoms with Crippen molar-refractivity contribution < 1.29 is 18.8 Å². The van der Waals surface area contributed by atoms with Crippen molar-refractivity contribution in [2.75, 3.05) is 6.61 Å². The maximum absolute atomic E-state index is 14.6. The standard InChI is InChI=1S/C23H21FN6O4/c1-22(7-4-10-33-22)30-17-13(11-25)14(24)5-6-15(17)29-12-26-16(18(29)20(30)31)19-27-21(34-28-19)23(32)8-2-3-9-23/h5-6,12,32H,2-4,7-10H2,1H3. The zero-order valence-corrected chi connectivity index (χ0v) is 18.4. The fourth-order valence-corrected chi connectivity index (χ4v) is 5.26. The van der Waals surface area contributed by atoms with Gasteiger partial charge in [0.05, 0.1) is 11.0 Å². The van der Waals surface area contributed by atoms with Gasteiger partial charge >= 0.3 is 0 Å². The highest BCUT2D eigenvalue weighted by atomic mass is 19.1. The van der Waals surface area contributed by atoms with Gasteiger partial charge < -0.3 is 14.4 Å². The van der Waals surface area contributed by atoms with E-state index < -0.39 is 22.7 Å². The molecule has 0 bridgehead atoms. The van der Waals surface area contributed by atoms with Gasteiger partial charge in [-0.25, -0.2) is 9.37 Å². The molecule has 1 saturated heterocycles. The van der Waals surface area contributed by atoms with Crippen molar-refractivity contribution in [1.82, 2.24) is 24.1 Å². The normalized spacial score (nSPS) is 22.1. The van der Waals surface area contributed by atoms with E-state index in [9.17, 15) is 19.6 Å². The predicted molar refractivity (Wildman–Crippen MR) is 116 cm³/mol. The van der Waals surface area contributed by atoms with Gasteiger partial charge in [-0.15, -0.1) is 0 Å². The quantitative estimate of drug-likeness (QED) is 0.490. The van der Waals surface area contributed by atoms with Crippen LogP contribution in [0, 0.1) is 17.1 Å². The number of hydrogen-bond acceptors (Lipinski definition) is 8. The molecule has 2 fully saturated rings. The summed E-state index contributed by atoms with van der Waals surface area (Å²) in [4.78, 5) is 22.7. The fraction of sp³-hybridized carbons (Fsp3) is 0.435. The third-order valence-electron chi connectivity index (χ3n) is 7.01. The van der Waals surface area contributed by atoms with E-state index in [1.807, 2.05) is 6.07 Å². The van der Waals surface area contributed by atoms with Gasteiger partial charge in [-0.05, 0) is 57.6 Å². The minimum absolute atomic E-state index is 0.0703. The van der Waals surface area contributed by atoms with Gasteiger partial charge in [0.15, 0.2) is 0 Å². The molecular formula is C23H21FN6O4. The summed E-state index contributed by atoms with van der Waals surface area (Å²) in [6.45, 7) is 2.19. The zero-order chi connectivity index (χ0) is 23.7. The first kappa shape index (κ1) is 20.9. The molecule has 10 nitrogen and oxygen atoms in total. The van der Waals surface area contributed by atoms with E-state index in [0.717, 1.165) is 12.8 Å². The number of halogens is 1. The number of hydrogen-bond donors (Lipinski definition) is 1. The molecule has 1 N–H and O–H groups in total. The van der Waals surface area contributed by atoms with Crippen molar-refractivity contribution in [3.63, 3.8) is 0 Å². The monoisotopic (exact) mass is 464 g/mol. The molecule has 1 unspecified atom stereocenters. The molecule has 1 aliphatic carbocycles. The summed E-state index contributed by atoms with van der Waals surface area (Å²) < 4.78 is 28.8. The smallest absolute Gasteiger partial charge is 0.280 e. The molecule has 4 aromatic rings. The van der Waals surface area contributed by atoms with Crippen LogP contribution in [0.25, 0.3) is 28.1 Å². The summed E-state index contributed by atoms with van der Waals surface area (Å²) in [6, 6.07) is 4.59. The van der Waals surface area contributed by atoms with Crippen LogP contribution in [0.1, 0.15) is 56.9 Å². The number of aromatic nitrogens is 5. The Morgan fingerprint density at radius 2 is 2.00 bits per heavy atom. The molecule has 3 aromatic heterocycles. The Labute approximate surface area is 192 Å². The Morgan fingerprint density at radius 1 is 1.21 bits per heavy atom. The topological polar surface area (TPSA) is 131 Å². The second-order valence-electron chi connectivity index (χ2n) is 9.14. The number of aliphatic hydroxyl groups is 1. The number of imidazole rings is 1. The minimum Gasteiger partial charge on any atom is -0.380 e. The van der Waals surface area contributed by atoms with Gasteiger partial charge in [0.25, 0.3) is 11.4 Å². The Bertz CT molecular complexity index is 1550.